The quantitative estimate of drug-likeness (QED) is 0.210. The molecule has 0 aromatic heterocycles. The van der Waals surface area contributed by atoms with Crippen LogP contribution in [0.15, 0.2) is 35.4 Å². The number of allylic oxidation sites excluding steroid dienone is 2. The molecule has 0 radical (unpaired) electrons. The number of nitrogens with zero attached hydrogens (tertiary/aromatic N) is 2. The number of hydrogen-bond acceptors (Lipinski definition) is 6. The van der Waals surface area contributed by atoms with E-state index in [0.717, 1.165) is 69.9 Å². The maximum atomic E-state index is 14.2. The molecule has 310 valence electrons. The van der Waals surface area contributed by atoms with E-state index in [1.165, 1.54) is 5.57 Å². The van der Waals surface area contributed by atoms with Crippen LogP contribution in [0.25, 0.3) is 0 Å². The minimum Gasteiger partial charge on any atom is -0.481 e. The number of amides is 1. The Morgan fingerprint density at radius 2 is 1.54 bits per heavy atom. The van der Waals surface area contributed by atoms with Crippen LogP contribution in [0.3, 0.4) is 0 Å². The first-order chi connectivity index (χ1) is 26.1. The average molecular weight is 794 g/mol. The highest BCUT2D eigenvalue weighted by molar-refractivity contribution is 6.30. The van der Waals surface area contributed by atoms with Gasteiger partial charge in [-0.15, -0.1) is 0 Å². The molecule has 1 amide bonds. The summed E-state index contributed by atoms with van der Waals surface area (Å²) in [6.45, 7) is 19.2. The largest absolute Gasteiger partial charge is 0.481 e. The lowest BCUT2D eigenvalue weighted by atomic mass is 9.37. The number of benzene rings is 1. The predicted octanol–water partition coefficient (Wildman–Crippen LogP) is 9.74. The summed E-state index contributed by atoms with van der Waals surface area (Å²) >= 11 is 6.19. The molecule has 1 aromatic carbocycles. The summed E-state index contributed by atoms with van der Waals surface area (Å²) in [5.74, 6) is 0.937. The summed E-state index contributed by atoms with van der Waals surface area (Å²) in [6, 6.07) is 7.19. The Kier molecular flexibility index (Phi) is 11.8. The molecule has 1 N–H and O–H groups in total. The Balaban J connectivity index is 1.25. The minimum atomic E-state index is -1.16. The van der Waals surface area contributed by atoms with Crippen molar-refractivity contribution in [3.63, 3.8) is 0 Å². The van der Waals surface area contributed by atoms with E-state index in [9.17, 15) is 24.3 Å². The maximum absolute atomic E-state index is 14.2. The van der Waals surface area contributed by atoms with Gasteiger partial charge in [0, 0.05) is 47.5 Å². The second-order valence-corrected chi connectivity index (χ2v) is 21.3. The van der Waals surface area contributed by atoms with Crippen LogP contribution in [0.2, 0.25) is 5.02 Å². The Hall–Kier alpha value is -2.71. The number of hydrogen-bond donors (Lipinski definition) is 1. The van der Waals surface area contributed by atoms with Gasteiger partial charge in [0.15, 0.2) is 5.78 Å². The highest BCUT2D eigenvalue weighted by Gasteiger charge is 2.66. The van der Waals surface area contributed by atoms with E-state index in [-0.39, 0.29) is 46.0 Å². The first-order valence-corrected chi connectivity index (χ1v) is 21.9. The van der Waals surface area contributed by atoms with Gasteiger partial charge in [0.1, 0.15) is 6.10 Å². The lowest BCUT2D eigenvalue weighted by Gasteiger charge is -2.68. The zero-order valence-corrected chi connectivity index (χ0v) is 36.7. The van der Waals surface area contributed by atoms with Crippen LogP contribution >= 0.6 is 11.6 Å². The maximum Gasteiger partial charge on any atom is 0.309 e. The molecule has 0 saturated heterocycles. The molecule has 0 bridgehead atoms. The molecule has 5 aliphatic carbocycles. The third-order valence-corrected chi connectivity index (χ3v) is 16.5. The summed E-state index contributed by atoms with van der Waals surface area (Å²) < 4.78 is 6.17. The number of esters is 1. The molecule has 2 unspecified atom stereocenters. The molecule has 4 saturated carbocycles. The number of carboxylic acids is 1. The van der Waals surface area contributed by atoms with Gasteiger partial charge in [-0.1, -0.05) is 58.7 Å². The molecule has 9 heteroatoms. The number of halogens is 1. The monoisotopic (exact) mass is 792 g/mol. The molecule has 8 atom stereocenters. The Morgan fingerprint density at radius 1 is 0.893 bits per heavy atom. The van der Waals surface area contributed by atoms with Crippen molar-refractivity contribution in [2.45, 2.75) is 132 Å². The smallest absolute Gasteiger partial charge is 0.309 e. The molecule has 56 heavy (non-hydrogen) atoms. The number of carbonyl (C=O) groups is 4. The molecule has 4 fully saturated rings. The normalized spacial score (nSPS) is 33.7. The van der Waals surface area contributed by atoms with Crippen molar-refractivity contribution in [2.75, 3.05) is 33.7 Å². The van der Waals surface area contributed by atoms with Crippen LogP contribution in [0.5, 0.6) is 0 Å². The Bertz CT molecular complexity index is 1730. The fourth-order valence-electron chi connectivity index (χ4n) is 13.1. The summed E-state index contributed by atoms with van der Waals surface area (Å²) in [5, 5.41) is 10.2. The third-order valence-electron chi connectivity index (χ3n) is 16.2. The number of likely N-dealkylation sites (N-methyl/N-ethyl adjacent to an activating group) is 1. The van der Waals surface area contributed by atoms with E-state index in [4.69, 9.17) is 16.3 Å². The van der Waals surface area contributed by atoms with Gasteiger partial charge < -0.3 is 19.6 Å². The summed E-state index contributed by atoms with van der Waals surface area (Å²) in [6.07, 6.45) is 9.28. The topological polar surface area (TPSA) is 104 Å². The number of ether oxygens (including phenoxy) is 1. The van der Waals surface area contributed by atoms with Crippen LogP contribution in [0.1, 0.15) is 136 Å². The summed E-state index contributed by atoms with van der Waals surface area (Å²) in [7, 11) is 4.07. The number of aliphatic carboxylic acids is 1. The van der Waals surface area contributed by atoms with Crippen molar-refractivity contribution < 1.29 is 29.0 Å². The number of carbonyl (C=O) groups excluding carboxylic acids is 3. The molecular weight excluding hydrogens is 724 g/mol. The molecule has 0 heterocycles. The van der Waals surface area contributed by atoms with Crippen molar-refractivity contribution in [1.29, 1.82) is 0 Å². The van der Waals surface area contributed by atoms with Gasteiger partial charge in [-0.3, -0.25) is 19.2 Å². The van der Waals surface area contributed by atoms with Crippen molar-refractivity contribution in [3.05, 3.63) is 46.0 Å². The van der Waals surface area contributed by atoms with Gasteiger partial charge in [-0.25, -0.2) is 0 Å². The molecule has 1 aromatic rings. The average Bonchev–Trinajstić information content (AvgIpc) is 3.41. The van der Waals surface area contributed by atoms with Crippen LogP contribution in [-0.2, 0) is 19.1 Å². The molecule has 6 rings (SSSR count). The number of rotatable bonds is 12. The van der Waals surface area contributed by atoms with E-state index >= 15 is 0 Å². The van der Waals surface area contributed by atoms with Crippen LogP contribution in [-0.4, -0.2) is 78.4 Å². The zero-order valence-electron chi connectivity index (χ0n) is 35.9. The SMILES string of the molecule is CC(C)C1=C2[C@H]3CCC4[C@@H](CCC5C(C)(C)[C@@H](OC(=O)CC(C)(C)C(=O)O)CC[C@]45C)[C@]3(C)CC[C@@]2(CCN(CCN(C)C)C(=O)c2ccc(Cl)cc2)CC1=O. The highest BCUT2D eigenvalue weighted by atomic mass is 35.5. The Labute approximate surface area is 341 Å². The second-order valence-electron chi connectivity index (χ2n) is 20.9. The summed E-state index contributed by atoms with van der Waals surface area (Å²) in [4.78, 5) is 57.2. The van der Waals surface area contributed by atoms with Crippen LogP contribution in [0.4, 0.5) is 0 Å². The van der Waals surface area contributed by atoms with E-state index in [1.807, 2.05) is 31.1 Å². The first-order valence-electron chi connectivity index (χ1n) is 21.5. The van der Waals surface area contributed by atoms with Gasteiger partial charge in [-0.2, -0.15) is 0 Å². The van der Waals surface area contributed by atoms with Crippen molar-refractivity contribution in [3.8, 4) is 0 Å². The molecule has 5 aliphatic rings. The van der Waals surface area contributed by atoms with E-state index in [1.54, 1.807) is 26.0 Å². The number of fused-ring (bicyclic) bond motifs is 7. The Morgan fingerprint density at radius 3 is 2.16 bits per heavy atom. The van der Waals surface area contributed by atoms with Gasteiger partial charge in [0.05, 0.1) is 11.8 Å². The second kappa shape index (κ2) is 15.5. The zero-order chi connectivity index (χ0) is 41.2. The fraction of sp³-hybridized carbons (Fsp3) is 0.745. The van der Waals surface area contributed by atoms with Crippen LogP contribution < -0.4 is 0 Å². The van der Waals surface area contributed by atoms with E-state index in [0.29, 0.717) is 59.6 Å². The van der Waals surface area contributed by atoms with E-state index in [2.05, 4.69) is 46.4 Å². The van der Waals surface area contributed by atoms with Crippen LogP contribution in [0, 0.1) is 56.7 Å². The number of carboxylic acid groups (broad SMARTS) is 1. The molecule has 0 aliphatic heterocycles. The predicted molar refractivity (Wildman–Crippen MR) is 221 cm³/mol. The van der Waals surface area contributed by atoms with Gasteiger partial charge in [-0.05, 0) is 156 Å². The minimum absolute atomic E-state index is 0.0153. The number of ketones is 1. The van der Waals surface area contributed by atoms with Gasteiger partial charge in [0.2, 0.25) is 0 Å². The number of Topliss-reactive ketones (excluding diaryl/α,β-unsaturated/α-hetero) is 1. The third kappa shape index (κ3) is 7.53. The fourth-order valence-corrected chi connectivity index (χ4v) is 13.2. The molecule has 0 spiro atoms. The van der Waals surface area contributed by atoms with Crippen molar-refractivity contribution in [2.24, 2.45) is 56.7 Å². The van der Waals surface area contributed by atoms with Crippen molar-refractivity contribution in [1.82, 2.24) is 9.80 Å². The highest BCUT2D eigenvalue weighted by Crippen LogP contribution is 2.73. The standard InChI is InChI=1S/C47H69ClN2O6/c1-29(2)39-35(51)27-47(23-24-50(26-25-49(9)10)41(53)30-11-13-31(48)14-12-30)22-21-45(7)32-17-18-36-44(5,6)37(56-38(52)28-43(3,4)42(54)55)19-20-46(36,8)33(32)15-16-34(45)40(39)47/h11-14,29,32-34,36-37H,15-28H2,1-10H3,(H,54,55)/t32-,33?,34-,36?,37+,45+,46-,47-/m1/s1. The molecular formula is C47H69ClN2O6. The van der Waals surface area contributed by atoms with Gasteiger partial charge >= 0.3 is 11.9 Å². The van der Waals surface area contributed by atoms with Crippen molar-refractivity contribution >= 4 is 35.2 Å². The van der Waals surface area contributed by atoms with E-state index < -0.39 is 17.4 Å². The molecule has 8 nitrogen and oxygen atoms in total. The first kappa shape index (κ1) is 42.9. The lowest BCUT2D eigenvalue weighted by molar-refractivity contribution is -0.204. The summed E-state index contributed by atoms with van der Waals surface area (Å²) in [5.41, 5.74) is 1.75. The lowest BCUT2D eigenvalue weighted by Crippen LogP contribution is -2.62. The van der Waals surface area contributed by atoms with Gasteiger partial charge in [0.25, 0.3) is 5.91 Å².